The van der Waals surface area contributed by atoms with Crippen LogP contribution in [0.5, 0.6) is 0 Å². The van der Waals surface area contributed by atoms with Crippen LogP contribution in [0.3, 0.4) is 0 Å². The fourth-order valence-corrected chi connectivity index (χ4v) is 5.84. The van der Waals surface area contributed by atoms with Crippen molar-refractivity contribution in [2.24, 2.45) is 5.92 Å². The molecule has 4 rings (SSSR count). The molecule has 210 valence electrons. The van der Waals surface area contributed by atoms with E-state index in [2.05, 4.69) is 10.6 Å². The first-order chi connectivity index (χ1) is 18.1. The van der Waals surface area contributed by atoms with Gasteiger partial charge >= 0.3 is 6.18 Å². The van der Waals surface area contributed by atoms with E-state index in [9.17, 15) is 27.6 Å². The minimum absolute atomic E-state index is 0.0765. The van der Waals surface area contributed by atoms with Crippen molar-refractivity contribution in [3.05, 3.63) is 62.6 Å². The summed E-state index contributed by atoms with van der Waals surface area (Å²) in [6, 6.07) is 7.57. The first-order valence-corrected chi connectivity index (χ1v) is 13.5. The fourth-order valence-electron chi connectivity index (χ4n) is 4.53. The van der Waals surface area contributed by atoms with Gasteiger partial charge in [0.1, 0.15) is 4.33 Å². The van der Waals surface area contributed by atoms with E-state index in [4.69, 9.17) is 46.4 Å². The van der Waals surface area contributed by atoms with E-state index in [1.165, 1.54) is 23.1 Å². The Hall–Kier alpha value is -2.20. The number of alkyl halides is 5. The summed E-state index contributed by atoms with van der Waals surface area (Å²) in [6.07, 6.45) is -6.24. The van der Waals surface area contributed by atoms with Gasteiger partial charge in [-0.15, -0.1) is 23.2 Å². The van der Waals surface area contributed by atoms with Crippen molar-refractivity contribution in [3.8, 4) is 0 Å². The Bertz CT molecular complexity index is 1310. The van der Waals surface area contributed by atoms with Gasteiger partial charge in [-0.3, -0.25) is 14.4 Å². The quantitative estimate of drug-likeness (QED) is 0.349. The Morgan fingerprint density at radius 1 is 1.05 bits per heavy atom. The predicted molar refractivity (Wildman–Crippen MR) is 145 cm³/mol. The average Bonchev–Trinajstić information content (AvgIpc) is 3.40. The standard InChI is InChI=1S/C26H24Cl4F3N3O3/c1-12-7-14(8-19(28)13(12)2)21-22(26(21,29)30)24(39)34-15-3-4-18(27)17(9-15)23(38)35-16-10-36(11-16)20(37)5-6-25(31,32)33/h3-4,7-9,16,21-22H,5-6,10-11H2,1-2H3,(H,34,39)(H,35,38). The van der Waals surface area contributed by atoms with Gasteiger partial charge in [-0.2, -0.15) is 13.2 Å². The first-order valence-electron chi connectivity index (χ1n) is 12.0. The summed E-state index contributed by atoms with van der Waals surface area (Å²) < 4.78 is 35.6. The predicted octanol–water partition coefficient (Wildman–Crippen LogP) is 6.42. The second kappa shape index (κ2) is 11.0. The molecule has 1 heterocycles. The SMILES string of the molecule is Cc1cc(C2C(C(=O)Nc3ccc(Cl)c(C(=O)NC4CN(C(=O)CCC(F)(F)F)C4)c3)C2(Cl)Cl)cc(Cl)c1C. The highest BCUT2D eigenvalue weighted by atomic mass is 35.5. The maximum absolute atomic E-state index is 13.1. The van der Waals surface area contributed by atoms with Crippen LogP contribution in [0.25, 0.3) is 0 Å². The lowest BCUT2D eigenvalue weighted by molar-refractivity contribution is -0.151. The van der Waals surface area contributed by atoms with Crippen LogP contribution in [-0.4, -0.2) is 52.3 Å². The van der Waals surface area contributed by atoms with Crippen LogP contribution >= 0.6 is 46.4 Å². The van der Waals surface area contributed by atoms with Crippen molar-refractivity contribution < 1.29 is 27.6 Å². The molecule has 1 saturated heterocycles. The van der Waals surface area contributed by atoms with Gasteiger partial charge in [-0.1, -0.05) is 29.3 Å². The van der Waals surface area contributed by atoms with Gasteiger partial charge in [0.25, 0.3) is 5.91 Å². The molecule has 1 aliphatic heterocycles. The lowest BCUT2D eigenvalue weighted by Gasteiger charge is -2.39. The molecule has 1 aliphatic carbocycles. The van der Waals surface area contributed by atoms with Crippen LogP contribution in [0.2, 0.25) is 10.0 Å². The van der Waals surface area contributed by atoms with E-state index in [1.54, 1.807) is 6.07 Å². The number of likely N-dealkylation sites (tertiary alicyclic amines) is 1. The molecule has 2 aromatic carbocycles. The summed E-state index contributed by atoms with van der Waals surface area (Å²) in [4.78, 5) is 39.0. The van der Waals surface area contributed by atoms with Crippen molar-refractivity contribution >= 4 is 69.8 Å². The van der Waals surface area contributed by atoms with E-state index in [0.29, 0.717) is 10.7 Å². The summed E-state index contributed by atoms with van der Waals surface area (Å²) >= 11 is 25.4. The van der Waals surface area contributed by atoms with Crippen molar-refractivity contribution in [2.45, 2.75) is 49.2 Å². The molecule has 1 saturated carbocycles. The van der Waals surface area contributed by atoms with Crippen molar-refractivity contribution in [1.82, 2.24) is 10.2 Å². The first kappa shape index (κ1) is 29.8. The number of hydrogen-bond donors (Lipinski definition) is 2. The molecule has 0 spiro atoms. The molecule has 39 heavy (non-hydrogen) atoms. The third kappa shape index (κ3) is 6.59. The molecule has 0 radical (unpaired) electrons. The topological polar surface area (TPSA) is 78.5 Å². The maximum atomic E-state index is 13.1. The van der Waals surface area contributed by atoms with Crippen LogP contribution < -0.4 is 10.6 Å². The van der Waals surface area contributed by atoms with E-state index >= 15 is 0 Å². The number of hydrogen-bond acceptors (Lipinski definition) is 3. The number of benzene rings is 2. The molecule has 2 atom stereocenters. The zero-order valence-corrected chi connectivity index (χ0v) is 23.8. The van der Waals surface area contributed by atoms with Gasteiger partial charge in [0.05, 0.1) is 29.0 Å². The smallest absolute Gasteiger partial charge is 0.346 e. The molecule has 2 N–H and O–H groups in total. The second-order valence-electron chi connectivity index (χ2n) is 9.84. The van der Waals surface area contributed by atoms with Crippen molar-refractivity contribution in [1.29, 1.82) is 0 Å². The monoisotopic (exact) mass is 623 g/mol. The largest absolute Gasteiger partial charge is 0.389 e. The molecule has 3 amide bonds. The van der Waals surface area contributed by atoms with Gasteiger partial charge in [0, 0.05) is 36.1 Å². The minimum atomic E-state index is -4.41. The average molecular weight is 625 g/mol. The van der Waals surface area contributed by atoms with Crippen molar-refractivity contribution in [3.63, 3.8) is 0 Å². The van der Waals surface area contributed by atoms with Crippen LogP contribution in [0.4, 0.5) is 18.9 Å². The molecule has 6 nitrogen and oxygen atoms in total. The van der Waals surface area contributed by atoms with Crippen molar-refractivity contribution in [2.75, 3.05) is 18.4 Å². The molecule has 2 unspecified atom stereocenters. The molecule has 0 aromatic heterocycles. The summed E-state index contributed by atoms with van der Waals surface area (Å²) in [5.41, 5.74) is 2.98. The molecular formula is C26H24Cl4F3N3O3. The fraction of sp³-hybridized carbons (Fsp3) is 0.423. The number of nitrogens with zero attached hydrogens (tertiary/aromatic N) is 1. The highest BCUT2D eigenvalue weighted by Crippen LogP contribution is 2.65. The van der Waals surface area contributed by atoms with Crippen LogP contribution in [0.1, 0.15) is 45.8 Å². The lowest BCUT2D eigenvalue weighted by atomic mass is 10.0. The Morgan fingerprint density at radius 2 is 1.72 bits per heavy atom. The highest BCUT2D eigenvalue weighted by molar-refractivity contribution is 6.53. The molecule has 0 bridgehead atoms. The summed E-state index contributed by atoms with van der Waals surface area (Å²) in [5, 5.41) is 6.10. The van der Waals surface area contributed by atoms with Gasteiger partial charge < -0.3 is 15.5 Å². The third-order valence-electron chi connectivity index (χ3n) is 6.99. The van der Waals surface area contributed by atoms with E-state index in [-0.39, 0.29) is 23.7 Å². The number of carbonyl (C=O) groups excluding carboxylic acids is 3. The van der Waals surface area contributed by atoms with Gasteiger partial charge in [0.2, 0.25) is 11.8 Å². The van der Waals surface area contributed by atoms with E-state index in [0.717, 1.165) is 16.7 Å². The van der Waals surface area contributed by atoms with E-state index < -0.39 is 59.0 Å². The van der Waals surface area contributed by atoms with Gasteiger partial charge in [0.15, 0.2) is 0 Å². The Kier molecular flexibility index (Phi) is 8.39. The van der Waals surface area contributed by atoms with Crippen LogP contribution in [0.15, 0.2) is 30.3 Å². The van der Waals surface area contributed by atoms with Gasteiger partial charge in [-0.25, -0.2) is 0 Å². The zero-order chi connectivity index (χ0) is 28.9. The number of nitrogens with one attached hydrogen (secondary N) is 2. The number of carbonyl (C=O) groups is 3. The normalized spacial score (nSPS) is 20.3. The van der Waals surface area contributed by atoms with Gasteiger partial charge in [-0.05, 0) is 54.8 Å². The number of halogens is 7. The molecule has 13 heteroatoms. The number of amides is 3. The molecule has 2 aliphatic rings. The lowest BCUT2D eigenvalue weighted by Crippen LogP contribution is -2.61. The maximum Gasteiger partial charge on any atom is 0.389 e. The van der Waals surface area contributed by atoms with Crippen LogP contribution in [0, 0.1) is 19.8 Å². The third-order valence-corrected chi connectivity index (χ3v) is 8.65. The second-order valence-corrected chi connectivity index (χ2v) is 12.1. The summed E-state index contributed by atoms with van der Waals surface area (Å²) in [5.74, 6) is -2.87. The Balaban J connectivity index is 1.36. The highest BCUT2D eigenvalue weighted by Gasteiger charge is 2.67. The number of rotatable bonds is 7. The Morgan fingerprint density at radius 3 is 2.33 bits per heavy atom. The summed E-state index contributed by atoms with van der Waals surface area (Å²) in [7, 11) is 0. The zero-order valence-electron chi connectivity index (χ0n) is 20.8. The molecule has 2 aromatic rings. The Labute approximate surface area is 243 Å². The van der Waals surface area contributed by atoms with Crippen LogP contribution in [-0.2, 0) is 9.59 Å². The molecule has 2 fully saturated rings. The van der Waals surface area contributed by atoms with E-state index in [1.807, 2.05) is 19.9 Å². The number of anilines is 1. The molecular weight excluding hydrogens is 601 g/mol. The summed E-state index contributed by atoms with van der Waals surface area (Å²) in [6.45, 7) is 3.98. The number of aryl methyl sites for hydroxylation is 1. The minimum Gasteiger partial charge on any atom is -0.346 e.